The molecule has 24 heavy (non-hydrogen) atoms. The number of hydrogen-bond acceptors (Lipinski definition) is 6. The minimum absolute atomic E-state index is 0.147. The molecular weight excluding hydrogens is 313 g/mol. The fourth-order valence-electron chi connectivity index (χ4n) is 3.28. The van der Waals surface area contributed by atoms with Crippen LogP contribution in [0.5, 0.6) is 5.75 Å². The summed E-state index contributed by atoms with van der Waals surface area (Å²) in [5.74, 6) is 1.66. The molecule has 7 heteroatoms. The smallest absolute Gasteiger partial charge is 0.231 e. The van der Waals surface area contributed by atoms with E-state index in [1.807, 2.05) is 6.92 Å². The van der Waals surface area contributed by atoms with Crippen LogP contribution < -0.4 is 4.74 Å². The molecule has 0 saturated carbocycles. The van der Waals surface area contributed by atoms with Gasteiger partial charge in [0.15, 0.2) is 17.4 Å². The Hall–Kier alpha value is -1.99. The Morgan fingerprint density at radius 2 is 2.17 bits per heavy atom. The van der Waals surface area contributed by atoms with Gasteiger partial charge in [0.2, 0.25) is 5.89 Å². The minimum atomic E-state index is -0.348. The summed E-state index contributed by atoms with van der Waals surface area (Å²) in [7, 11) is 3.17. The lowest BCUT2D eigenvalue weighted by Crippen LogP contribution is -2.21. The topological polar surface area (TPSA) is 60.6 Å². The first kappa shape index (κ1) is 16.9. The number of aryl methyl sites for hydroxylation is 1. The van der Waals surface area contributed by atoms with Crippen LogP contribution in [0.25, 0.3) is 0 Å². The van der Waals surface area contributed by atoms with E-state index in [0.717, 1.165) is 18.7 Å². The van der Waals surface area contributed by atoms with Gasteiger partial charge in [-0.3, -0.25) is 4.90 Å². The third-order valence-electron chi connectivity index (χ3n) is 4.38. The van der Waals surface area contributed by atoms with Crippen molar-refractivity contribution in [2.24, 2.45) is 5.92 Å². The summed E-state index contributed by atoms with van der Waals surface area (Å²) in [6.07, 6.45) is 0. The van der Waals surface area contributed by atoms with Crippen molar-refractivity contribution < 1.29 is 18.4 Å². The number of aromatic nitrogens is 2. The summed E-state index contributed by atoms with van der Waals surface area (Å²) >= 11 is 0. The third-order valence-corrected chi connectivity index (χ3v) is 4.38. The van der Waals surface area contributed by atoms with E-state index in [0.29, 0.717) is 24.9 Å². The van der Waals surface area contributed by atoms with Crippen molar-refractivity contribution in [3.8, 4) is 5.75 Å². The summed E-state index contributed by atoms with van der Waals surface area (Å²) in [5.41, 5.74) is 1.01. The molecule has 1 aliphatic heterocycles. The summed E-state index contributed by atoms with van der Waals surface area (Å²) in [6.45, 7) is 4.82. The summed E-state index contributed by atoms with van der Waals surface area (Å²) in [4.78, 5) is 6.67. The highest BCUT2D eigenvalue weighted by Gasteiger charge is 2.37. The molecule has 2 heterocycles. The van der Waals surface area contributed by atoms with Crippen LogP contribution in [0.2, 0.25) is 0 Å². The van der Waals surface area contributed by atoms with Crippen LogP contribution in [0.4, 0.5) is 4.39 Å². The molecule has 1 aromatic carbocycles. The molecular formula is C17H22FN3O3. The van der Waals surface area contributed by atoms with Crippen molar-refractivity contribution >= 4 is 0 Å². The lowest BCUT2D eigenvalue weighted by molar-refractivity contribution is 0.142. The van der Waals surface area contributed by atoms with E-state index in [1.165, 1.54) is 13.2 Å². The average Bonchev–Trinajstić information content (AvgIpc) is 3.16. The fourth-order valence-corrected chi connectivity index (χ4v) is 3.28. The number of likely N-dealkylation sites (tertiary alicyclic amines) is 1. The van der Waals surface area contributed by atoms with E-state index in [1.54, 1.807) is 19.2 Å². The normalized spacial score (nSPS) is 21.3. The molecule has 0 radical (unpaired) electrons. The SMILES string of the molecule is COC[C@@H]1CN(Cc2ccc(F)c(OC)c2)C[C@H]1c1nc(C)no1. The van der Waals surface area contributed by atoms with Gasteiger partial charge in [-0.2, -0.15) is 4.98 Å². The largest absolute Gasteiger partial charge is 0.494 e. The lowest BCUT2D eigenvalue weighted by atomic mass is 9.97. The standard InChI is InChI=1S/C17H22FN3O3/c1-11-19-17(24-20-11)14-9-21(8-13(14)10-22-2)7-12-4-5-15(18)16(6-12)23-3/h4-6,13-14H,7-10H2,1-3H3/t13-,14+/m0/s1. The molecule has 1 aromatic heterocycles. The van der Waals surface area contributed by atoms with Crippen LogP contribution in [0.1, 0.15) is 23.2 Å². The molecule has 0 spiro atoms. The number of rotatable bonds is 6. The van der Waals surface area contributed by atoms with E-state index in [2.05, 4.69) is 15.0 Å². The molecule has 6 nitrogen and oxygen atoms in total. The van der Waals surface area contributed by atoms with Crippen LogP contribution in [0.15, 0.2) is 22.7 Å². The van der Waals surface area contributed by atoms with Crippen LogP contribution >= 0.6 is 0 Å². The second-order valence-corrected chi connectivity index (χ2v) is 6.16. The first-order valence-corrected chi connectivity index (χ1v) is 7.94. The van der Waals surface area contributed by atoms with Crippen molar-refractivity contribution in [3.63, 3.8) is 0 Å². The number of halogens is 1. The van der Waals surface area contributed by atoms with Crippen molar-refractivity contribution in [1.29, 1.82) is 0 Å². The van der Waals surface area contributed by atoms with Gasteiger partial charge in [-0.15, -0.1) is 0 Å². The Kier molecular flexibility index (Phi) is 5.11. The maximum Gasteiger partial charge on any atom is 0.231 e. The molecule has 3 rings (SSSR count). The monoisotopic (exact) mass is 335 g/mol. The minimum Gasteiger partial charge on any atom is -0.494 e. The zero-order chi connectivity index (χ0) is 17.1. The molecule has 1 fully saturated rings. The predicted molar refractivity (Wildman–Crippen MR) is 85.4 cm³/mol. The van der Waals surface area contributed by atoms with Crippen LogP contribution in [0.3, 0.4) is 0 Å². The molecule has 2 aromatic rings. The van der Waals surface area contributed by atoms with Crippen LogP contribution in [-0.2, 0) is 11.3 Å². The number of nitrogens with zero attached hydrogens (tertiary/aromatic N) is 3. The highest BCUT2D eigenvalue weighted by molar-refractivity contribution is 5.30. The summed E-state index contributed by atoms with van der Waals surface area (Å²) in [5, 5.41) is 3.89. The van der Waals surface area contributed by atoms with Crippen molar-refractivity contribution in [2.45, 2.75) is 19.4 Å². The molecule has 0 aliphatic carbocycles. The quantitative estimate of drug-likeness (QED) is 0.808. The fraction of sp³-hybridized carbons (Fsp3) is 0.529. The van der Waals surface area contributed by atoms with Crippen molar-refractivity contribution in [1.82, 2.24) is 15.0 Å². The molecule has 0 amide bonds. The number of ether oxygens (including phenoxy) is 2. The Morgan fingerprint density at radius 3 is 2.83 bits per heavy atom. The van der Waals surface area contributed by atoms with E-state index in [4.69, 9.17) is 14.0 Å². The van der Waals surface area contributed by atoms with Gasteiger partial charge in [0, 0.05) is 32.7 Å². The molecule has 0 bridgehead atoms. The molecule has 1 aliphatic rings. The van der Waals surface area contributed by atoms with E-state index in [9.17, 15) is 4.39 Å². The number of benzene rings is 1. The van der Waals surface area contributed by atoms with Gasteiger partial charge in [0.1, 0.15) is 0 Å². The van der Waals surface area contributed by atoms with Crippen LogP contribution in [0, 0.1) is 18.7 Å². The van der Waals surface area contributed by atoms with Gasteiger partial charge < -0.3 is 14.0 Å². The molecule has 2 atom stereocenters. The molecule has 1 saturated heterocycles. The highest BCUT2D eigenvalue weighted by atomic mass is 19.1. The van der Waals surface area contributed by atoms with Crippen molar-refractivity contribution in [2.75, 3.05) is 33.9 Å². The zero-order valence-electron chi connectivity index (χ0n) is 14.2. The Bertz CT molecular complexity index is 691. The van der Waals surface area contributed by atoms with Gasteiger partial charge in [0.25, 0.3) is 0 Å². The van der Waals surface area contributed by atoms with Gasteiger partial charge in [-0.25, -0.2) is 4.39 Å². The van der Waals surface area contributed by atoms with E-state index in [-0.39, 0.29) is 23.4 Å². The van der Waals surface area contributed by atoms with Gasteiger partial charge >= 0.3 is 0 Å². The lowest BCUT2D eigenvalue weighted by Gasteiger charge is -2.16. The Morgan fingerprint density at radius 1 is 1.33 bits per heavy atom. The first-order chi connectivity index (χ1) is 11.6. The van der Waals surface area contributed by atoms with E-state index >= 15 is 0 Å². The first-order valence-electron chi connectivity index (χ1n) is 7.94. The third kappa shape index (κ3) is 3.57. The maximum absolute atomic E-state index is 13.5. The summed E-state index contributed by atoms with van der Waals surface area (Å²) < 4.78 is 29.3. The average molecular weight is 335 g/mol. The molecule has 130 valence electrons. The summed E-state index contributed by atoms with van der Waals surface area (Å²) in [6, 6.07) is 4.97. The highest BCUT2D eigenvalue weighted by Crippen LogP contribution is 2.33. The second kappa shape index (κ2) is 7.27. The molecule has 0 N–H and O–H groups in total. The molecule has 0 unspecified atom stereocenters. The predicted octanol–water partition coefficient (Wildman–Crippen LogP) is 2.39. The Balaban J connectivity index is 1.73. The number of hydrogen-bond donors (Lipinski definition) is 0. The van der Waals surface area contributed by atoms with Crippen LogP contribution in [-0.4, -0.2) is 49.0 Å². The van der Waals surface area contributed by atoms with Crippen molar-refractivity contribution in [3.05, 3.63) is 41.3 Å². The Labute approximate surface area is 140 Å². The van der Waals surface area contributed by atoms with E-state index < -0.39 is 0 Å². The maximum atomic E-state index is 13.5. The van der Waals surface area contributed by atoms with Gasteiger partial charge in [-0.05, 0) is 24.6 Å². The number of methoxy groups -OCH3 is 2. The zero-order valence-corrected chi connectivity index (χ0v) is 14.2. The van der Waals surface area contributed by atoms with Gasteiger partial charge in [-0.1, -0.05) is 11.2 Å². The van der Waals surface area contributed by atoms with Gasteiger partial charge in [0.05, 0.1) is 19.6 Å². The second-order valence-electron chi connectivity index (χ2n) is 6.16.